The van der Waals surface area contributed by atoms with Crippen molar-refractivity contribution in [3.05, 3.63) is 58.6 Å². The van der Waals surface area contributed by atoms with Gasteiger partial charge in [-0.2, -0.15) is 0 Å². The van der Waals surface area contributed by atoms with E-state index in [1.165, 1.54) is 16.9 Å². The van der Waals surface area contributed by atoms with Gasteiger partial charge >= 0.3 is 0 Å². The Labute approximate surface area is 154 Å². The highest BCUT2D eigenvalue weighted by molar-refractivity contribution is 7.18. The Morgan fingerprint density at radius 3 is 2.64 bits per heavy atom. The molecule has 7 heteroatoms. The van der Waals surface area contributed by atoms with Crippen LogP contribution in [0.25, 0.3) is 10.6 Å². The molecule has 0 fully saturated rings. The Balaban J connectivity index is 1.58. The Kier molecular flexibility index (Phi) is 5.31. The first-order chi connectivity index (χ1) is 12.0. The Bertz CT molecular complexity index is 894. The van der Waals surface area contributed by atoms with E-state index in [1.807, 2.05) is 38.1 Å². The predicted molar refractivity (Wildman–Crippen MR) is 100 cm³/mol. The average Bonchev–Trinajstić information content (AvgIpc) is 3.05. The lowest BCUT2D eigenvalue weighted by molar-refractivity contribution is -0.118. The average molecular weight is 374 g/mol. The number of nitrogens with one attached hydrogen (secondary N) is 1. The monoisotopic (exact) mass is 373 g/mol. The third-order valence-electron chi connectivity index (χ3n) is 3.47. The number of rotatable bonds is 5. The van der Waals surface area contributed by atoms with Gasteiger partial charge in [-0.15, -0.1) is 10.2 Å². The van der Waals surface area contributed by atoms with Crippen LogP contribution in [0.4, 0.5) is 5.13 Å². The van der Waals surface area contributed by atoms with Crippen LogP contribution in [0.1, 0.15) is 11.1 Å². The van der Waals surface area contributed by atoms with Crippen LogP contribution >= 0.6 is 22.9 Å². The third-order valence-corrected chi connectivity index (χ3v) is 4.78. The van der Waals surface area contributed by atoms with Crippen molar-refractivity contribution in [1.29, 1.82) is 0 Å². The number of benzene rings is 2. The van der Waals surface area contributed by atoms with Gasteiger partial charge in [0.25, 0.3) is 5.91 Å². The van der Waals surface area contributed by atoms with Crippen molar-refractivity contribution >= 4 is 34.0 Å². The molecule has 0 unspecified atom stereocenters. The van der Waals surface area contributed by atoms with E-state index in [-0.39, 0.29) is 12.5 Å². The van der Waals surface area contributed by atoms with Crippen LogP contribution in [0.15, 0.2) is 42.5 Å². The summed E-state index contributed by atoms with van der Waals surface area (Å²) in [6.07, 6.45) is 0. The second kappa shape index (κ2) is 7.63. The third kappa shape index (κ3) is 4.55. The number of carbonyl (C=O) groups is 1. The molecular formula is C18H16ClN3O2S. The molecule has 0 saturated heterocycles. The van der Waals surface area contributed by atoms with Gasteiger partial charge in [-0.25, -0.2) is 0 Å². The quantitative estimate of drug-likeness (QED) is 0.715. The molecule has 0 atom stereocenters. The molecule has 0 aliphatic rings. The summed E-state index contributed by atoms with van der Waals surface area (Å²) in [5.74, 6) is 0.300. The van der Waals surface area contributed by atoms with E-state index in [2.05, 4.69) is 15.5 Å². The Morgan fingerprint density at radius 1 is 1.16 bits per heavy atom. The Morgan fingerprint density at radius 2 is 1.92 bits per heavy atom. The van der Waals surface area contributed by atoms with Gasteiger partial charge in [0, 0.05) is 10.6 Å². The smallest absolute Gasteiger partial charge is 0.264 e. The van der Waals surface area contributed by atoms with Crippen LogP contribution < -0.4 is 10.1 Å². The molecule has 0 bridgehead atoms. The van der Waals surface area contributed by atoms with Crippen LogP contribution in [0.5, 0.6) is 5.75 Å². The summed E-state index contributed by atoms with van der Waals surface area (Å²) < 4.78 is 5.47. The lowest BCUT2D eigenvalue weighted by Gasteiger charge is -2.07. The highest BCUT2D eigenvalue weighted by Crippen LogP contribution is 2.26. The van der Waals surface area contributed by atoms with Gasteiger partial charge in [-0.3, -0.25) is 10.1 Å². The van der Waals surface area contributed by atoms with Crippen molar-refractivity contribution in [3.8, 4) is 16.3 Å². The topological polar surface area (TPSA) is 64.1 Å². The van der Waals surface area contributed by atoms with Crippen LogP contribution in [-0.4, -0.2) is 22.7 Å². The number of anilines is 1. The van der Waals surface area contributed by atoms with E-state index in [4.69, 9.17) is 16.3 Å². The molecule has 25 heavy (non-hydrogen) atoms. The van der Waals surface area contributed by atoms with Crippen LogP contribution in [0.2, 0.25) is 5.02 Å². The van der Waals surface area contributed by atoms with Crippen molar-refractivity contribution in [2.24, 2.45) is 0 Å². The number of ether oxygens (including phenoxy) is 1. The number of amides is 1. The normalized spacial score (nSPS) is 10.5. The number of carbonyl (C=O) groups excluding carboxylic acids is 1. The maximum absolute atomic E-state index is 12.0. The van der Waals surface area contributed by atoms with Crippen molar-refractivity contribution in [2.45, 2.75) is 13.8 Å². The van der Waals surface area contributed by atoms with Crippen molar-refractivity contribution < 1.29 is 9.53 Å². The highest BCUT2D eigenvalue weighted by Gasteiger charge is 2.10. The van der Waals surface area contributed by atoms with Gasteiger partial charge < -0.3 is 4.74 Å². The standard InChI is InChI=1S/C18H16ClN3O2S/c1-11-3-5-13(6-4-11)17-21-22-18(25-17)20-16(23)10-24-14-7-8-15(19)12(2)9-14/h3-9H,10H2,1-2H3,(H,20,22,23). The zero-order valence-electron chi connectivity index (χ0n) is 13.7. The van der Waals surface area contributed by atoms with Gasteiger partial charge in [-0.1, -0.05) is 52.8 Å². The SMILES string of the molecule is Cc1ccc(-c2nnc(NC(=O)COc3ccc(Cl)c(C)c3)s2)cc1. The molecule has 1 aromatic heterocycles. The van der Waals surface area contributed by atoms with Gasteiger partial charge in [0.2, 0.25) is 5.13 Å². The Hall–Kier alpha value is -2.44. The highest BCUT2D eigenvalue weighted by atomic mass is 35.5. The lowest BCUT2D eigenvalue weighted by atomic mass is 10.2. The molecule has 5 nitrogen and oxygen atoms in total. The molecule has 0 aliphatic carbocycles. The molecule has 1 heterocycles. The largest absolute Gasteiger partial charge is 0.484 e. The van der Waals surface area contributed by atoms with E-state index >= 15 is 0 Å². The molecule has 3 aromatic rings. The number of hydrogen-bond acceptors (Lipinski definition) is 5. The first-order valence-corrected chi connectivity index (χ1v) is 8.80. The van der Waals surface area contributed by atoms with Gasteiger partial charge in [0.15, 0.2) is 6.61 Å². The minimum Gasteiger partial charge on any atom is -0.484 e. The number of halogens is 1. The summed E-state index contributed by atoms with van der Waals surface area (Å²) in [5.41, 5.74) is 3.04. The predicted octanol–water partition coefficient (Wildman–Crippen LogP) is 4.49. The first kappa shape index (κ1) is 17.4. The molecule has 0 spiro atoms. The molecule has 128 valence electrons. The summed E-state index contributed by atoms with van der Waals surface area (Å²) in [5, 5.41) is 12.7. The van der Waals surface area contributed by atoms with Gasteiger partial charge in [0.1, 0.15) is 10.8 Å². The summed E-state index contributed by atoms with van der Waals surface area (Å²) in [7, 11) is 0. The molecule has 0 radical (unpaired) electrons. The zero-order valence-corrected chi connectivity index (χ0v) is 15.3. The van der Waals surface area contributed by atoms with Crippen molar-refractivity contribution in [1.82, 2.24) is 10.2 Å². The number of aromatic nitrogens is 2. The second-order valence-corrected chi connectivity index (χ2v) is 6.91. The van der Waals surface area contributed by atoms with E-state index in [9.17, 15) is 4.79 Å². The first-order valence-electron chi connectivity index (χ1n) is 7.60. The van der Waals surface area contributed by atoms with Gasteiger partial charge in [0.05, 0.1) is 0 Å². The van der Waals surface area contributed by atoms with E-state index < -0.39 is 0 Å². The van der Waals surface area contributed by atoms with Crippen LogP contribution in [-0.2, 0) is 4.79 Å². The molecule has 1 amide bonds. The summed E-state index contributed by atoms with van der Waals surface area (Å²) >= 11 is 7.28. The fraction of sp³-hybridized carbons (Fsp3) is 0.167. The van der Waals surface area contributed by atoms with E-state index in [0.717, 1.165) is 16.1 Å². The van der Waals surface area contributed by atoms with E-state index in [1.54, 1.807) is 18.2 Å². The molecular weight excluding hydrogens is 358 g/mol. The molecule has 0 aliphatic heterocycles. The number of nitrogens with zero attached hydrogens (tertiary/aromatic N) is 2. The van der Waals surface area contributed by atoms with Gasteiger partial charge in [-0.05, 0) is 37.6 Å². The summed E-state index contributed by atoms with van der Waals surface area (Å²) in [4.78, 5) is 12.0. The van der Waals surface area contributed by atoms with Crippen LogP contribution in [0, 0.1) is 13.8 Å². The summed E-state index contributed by atoms with van der Waals surface area (Å²) in [6.45, 7) is 3.79. The maximum atomic E-state index is 12.0. The molecule has 0 saturated carbocycles. The maximum Gasteiger partial charge on any atom is 0.264 e. The zero-order chi connectivity index (χ0) is 17.8. The molecule has 3 rings (SSSR count). The van der Waals surface area contributed by atoms with Crippen molar-refractivity contribution in [2.75, 3.05) is 11.9 Å². The van der Waals surface area contributed by atoms with Crippen molar-refractivity contribution in [3.63, 3.8) is 0 Å². The summed E-state index contributed by atoms with van der Waals surface area (Å²) in [6, 6.07) is 13.2. The van der Waals surface area contributed by atoms with E-state index in [0.29, 0.717) is 15.9 Å². The molecule has 2 aromatic carbocycles. The lowest BCUT2D eigenvalue weighted by Crippen LogP contribution is -2.20. The molecule has 1 N–H and O–H groups in total. The number of hydrogen-bond donors (Lipinski definition) is 1. The minimum absolute atomic E-state index is 0.111. The minimum atomic E-state index is -0.292. The fourth-order valence-electron chi connectivity index (χ4n) is 2.10. The number of aryl methyl sites for hydroxylation is 2. The fourth-order valence-corrected chi connectivity index (χ4v) is 2.98. The van der Waals surface area contributed by atoms with Crippen LogP contribution in [0.3, 0.4) is 0 Å². The second-order valence-electron chi connectivity index (χ2n) is 5.53.